The average Bonchev–Trinajstić information content (AvgIpc) is 2.09. The second-order valence-electron chi connectivity index (χ2n) is 3.75. The van der Waals surface area contributed by atoms with Crippen molar-refractivity contribution in [2.75, 3.05) is 0 Å². The van der Waals surface area contributed by atoms with Gasteiger partial charge in [0, 0.05) is 17.7 Å². The van der Waals surface area contributed by atoms with Crippen LogP contribution in [0.15, 0.2) is 12.1 Å². The highest BCUT2D eigenvalue weighted by molar-refractivity contribution is 6.21. The summed E-state index contributed by atoms with van der Waals surface area (Å²) in [5.41, 5.74) is -1.69. The Hall–Kier alpha value is -1.12. The highest BCUT2D eigenvalue weighted by Gasteiger charge is 2.61. The van der Waals surface area contributed by atoms with Crippen LogP contribution in [0.3, 0.4) is 0 Å². The second kappa shape index (κ2) is 5.34. The monoisotopic (exact) mass is 330 g/mol. The van der Waals surface area contributed by atoms with Gasteiger partial charge in [0.25, 0.3) is 0 Å². The summed E-state index contributed by atoms with van der Waals surface area (Å²) in [7, 11) is 0. The molecule has 0 nitrogen and oxygen atoms in total. The van der Waals surface area contributed by atoms with E-state index < -0.39 is 46.7 Å². The molecule has 0 aromatic heterocycles. The number of hydrogen-bond acceptors (Lipinski definition) is 0. The van der Waals surface area contributed by atoms with E-state index in [1.807, 2.05) is 0 Å². The summed E-state index contributed by atoms with van der Waals surface area (Å²) in [4.78, 5) is 0. The summed E-state index contributed by atoms with van der Waals surface area (Å²) >= 11 is 4.96. The standard InChI is InChI=1S/C10H4ClF9/c11-7(8(9(15,16)17)10(18,19)20)6-4(13)1-3(12)2-5(6)14/h1-2,7-8H. The van der Waals surface area contributed by atoms with Crippen LogP contribution in [0.4, 0.5) is 39.5 Å². The molecule has 0 bridgehead atoms. The first-order valence-corrected chi connectivity index (χ1v) is 5.21. The fourth-order valence-electron chi connectivity index (χ4n) is 1.50. The molecule has 10 heteroatoms. The van der Waals surface area contributed by atoms with Crippen molar-refractivity contribution in [3.63, 3.8) is 0 Å². The largest absolute Gasteiger partial charge is 0.402 e. The molecule has 20 heavy (non-hydrogen) atoms. The first-order chi connectivity index (χ1) is 8.85. The Labute approximate surface area is 111 Å². The first-order valence-electron chi connectivity index (χ1n) is 4.77. The van der Waals surface area contributed by atoms with Gasteiger partial charge in [-0.15, -0.1) is 11.6 Å². The van der Waals surface area contributed by atoms with Gasteiger partial charge < -0.3 is 0 Å². The van der Waals surface area contributed by atoms with E-state index in [4.69, 9.17) is 11.6 Å². The number of hydrogen-bond donors (Lipinski definition) is 0. The van der Waals surface area contributed by atoms with Crippen LogP contribution in [0.5, 0.6) is 0 Å². The Morgan fingerprint density at radius 3 is 1.45 bits per heavy atom. The molecule has 0 radical (unpaired) electrons. The Kier molecular flexibility index (Phi) is 4.52. The van der Waals surface area contributed by atoms with Gasteiger partial charge in [0.1, 0.15) is 17.5 Å². The van der Waals surface area contributed by atoms with Crippen molar-refractivity contribution in [1.29, 1.82) is 0 Å². The quantitative estimate of drug-likeness (QED) is 0.521. The van der Waals surface area contributed by atoms with Gasteiger partial charge in [0.05, 0.1) is 5.38 Å². The lowest BCUT2D eigenvalue weighted by Crippen LogP contribution is -2.39. The lowest BCUT2D eigenvalue weighted by molar-refractivity contribution is -0.285. The minimum atomic E-state index is -5.88. The molecular formula is C10H4ClF9. The van der Waals surface area contributed by atoms with E-state index in [9.17, 15) is 39.5 Å². The van der Waals surface area contributed by atoms with Crippen molar-refractivity contribution in [3.8, 4) is 0 Å². The molecule has 0 aliphatic heterocycles. The van der Waals surface area contributed by atoms with Gasteiger partial charge in [0.2, 0.25) is 0 Å². The number of benzene rings is 1. The summed E-state index contributed by atoms with van der Waals surface area (Å²) in [5, 5.41) is -3.12. The van der Waals surface area contributed by atoms with Gasteiger partial charge in [-0.2, -0.15) is 26.3 Å². The van der Waals surface area contributed by atoms with Crippen molar-refractivity contribution in [3.05, 3.63) is 35.1 Å². The average molecular weight is 331 g/mol. The zero-order valence-electron chi connectivity index (χ0n) is 9.09. The van der Waals surface area contributed by atoms with Crippen LogP contribution in [0.25, 0.3) is 0 Å². The van der Waals surface area contributed by atoms with Gasteiger partial charge in [-0.25, -0.2) is 13.2 Å². The van der Waals surface area contributed by atoms with Gasteiger partial charge >= 0.3 is 12.4 Å². The molecule has 1 atom stereocenters. The van der Waals surface area contributed by atoms with E-state index in [0.717, 1.165) is 0 Å². The number of halogens is 10. The summed E-state index contributed by atoms with van der Waals surface area (Å²) in [6, 6.07) is -0.116. The Bertz CT molecular complexity index is 453. The molecule has 1 aromatic rings. The van der Waals surface area contributed by atoms with E-state index in [1.54, 1.807) is 0 Å². The maximum absolute atomic E-state index is 13.2. The van der Waals surface area contributed by atoms with Gasteiger partial charge in [-0.3, -0.25) is 0 Å². The molecule has 1 unspecified atom stereocenters. The smallest absolute Gasteiger partial charge is 0.207 e. The molecule has 0 fully saturated rings. The molecule has 0 amide bonds. The van der Waals surface area contributed by atoms with E-state index in [0.29, 0.717) is 0 Å². The summed E-state index contributed by atoms with van der Waals surface area (Å²) in [6.07, 6.45) is -11.8. The predicted molar refractivity (Wildman–Crippen MR) is 50.5 cm³/mol. The Morgan fingerprint density at radius 1 is 0.800 bits per heavy atom. The third kappa shape index (κ3) is 3.50. The summed E-state index contributed by atoms with van der Waals surface area (Å²) < 4.78 is 113. The van der Waals surface area contributed by atoms with Crippen molar-refractivity contribution in [1.82, 2.24) is 0 Å². The summed E-state index contributed by atoms with van der Waals surface area (Å²) in [5.74, 6) is -9.55. The van der Waals surface area contributed by atoms with E-state index >= 15 is 0 Å². The Balaban J connectivity index is 3.38. The van der Waals surface area contributed by atoms with E-state index in [1.165, 1.54) is 0 Å². The van der Waals surface area contributed by atoms with E-state index in [-0.39, 0.29) is 12.1 Å². The first kappa shape index (κ1) is 16.9. The molecule has 1 aromatic carbocycles. The molecule has 0 saturated carbocycles. The van der Waals surface area contributed by atoms with Crippen LogP contribution in [0, 0.1) is 23.4 Å². The minimum absolute atomic E-state index is 0.0579. The second-order valence-corrected chi connectivity index (χ2v) is 4.22. The van der Waals surface area contributed by atoms with Crippen LogP contribution < -0.4 is 0 Å². The maximum atomic E-state index is 13.2. The molecule has 0 heterocycles. The van der Waals surface area contributed by atoms with E-state index in [2.05, 4.69) is 0 Å². The highest BCUT2D eigenvalue weighted by Crippen LogP contribution is 2.50. The molecule has 0 N–H and O–H groups in total. The fraction of sp³-hybridized carbons (Fsp3) is 0.400. The molecular weight excluding hydrogens is 327 g/mol. The van der Waals surface area contributed by atoms with Crippen LogP contribution >= 0.6 is 11.6 Å². The van der Waals surface area contributed by atoms with Crippen LogP contribution in [-0.4, -0.2) is 12.4 Å². The predicted octanol–water partition coefficient (Wildman–Crippen LogP) is 5.12. The third-order valence-electron chi connectivity index (χ3n) is 2.32. The van der Waals surface area contributed by atoms with Crippen molar-refractivity contribution < 1.29 is 39.5 Å². The third-order valence-corrected chi connectivity index (χ3v) is 2.79. The van der Waals surface area contributed by atoms with Gasteiger partial charge in [-0.1, -0.05) is 0 Å². The van der Waals surface area contributed by atoms with Gasteiger partial charge in [0.15, 0.2) is 5.92 Å². The van der Waals surface area contributed by atoms with Crippen molar-refractivity contribution in [2.24, 2.45) is 5.92 Å². The molecule has 0 saturated heterocycles. The zero-order chi connectivity index (χ0) is 15.9. The molecule has 0 aliphatic carbocycles. The SMILES string of the molecule is Fc1cc(F)c(C(Cl)C(C(F)(F)F)C(F)(F)F)c(F)c1. The lowest BCUT2D eigenvalue weighted by atomic mass is 9.96. The van der Waals surface area contributed by atoms with Crippen LogP contribution in [-0.2, 0) is 0 Å². The van der Waals surface area contributed by atoms with Crippen molar-refractivity contribution >= 4 is 11.6 Å². The Morgan fingerprint density at radius 2 is 1.15 bits per heavy atom. The lowest BCUT2D eigenvalue weighted by Gasteiger charge is -2.27. The fourth-order valence-corrected chi connectivity index (χ4v) is 2.00. The molecule has 1 rings (SSSR count). The minimum Gasteiger partial charge on any atom is -0.207 e. The topological polar surface area (TPSA) is 0 Å². The molecule has 0 aliphatic rings. The molecule has 114 valence electrons. The normalized spacial score (nSPS) is 14.8. The highest BCUT2D eigenvalue weighted by atomic mass is 35.5. The van der Waals surface area contributed by atoms with Crippen LogP contribution in [0.1, 0.15) is 10.9 Å². The number of rotatable bonds is 2. The zero-order valence-corrected chi connectivity index (χ0v) is 9.84. The van der Waals surface area contributed by atoms with Gasteiger partial charge in [-0.05, 0) is 0 Å². The maximum Gasteiger partial charge on any atom is 0.402 e. The van der Waals surface area contributed by atoms with Crippen LogP contribution in [0.2, 0.25) is 0 Å². The summed E-state index contributed by atoms with van der Waals surface area (Å²) in [6.45, 7) is 0. The number of alkyl halides is 7. The molecule has 0 spiro atoms. The van der Waals surface area contributed by atoms with Crippen molar-refractivity contribution in [2.45, 2.75) is 17.7 Å².